The maximum atomic E-state index is 14.6. The van der Waals surface area contributed by atoms with E-state index in [4.69, 9.17) is 35.4 Å². The monoisotopic (exact) mass is 756 g/mol. The van der Waals surface area contributed by atoms with Crippen molar-refractivity contribution < 1.29 is 43.2 Å². The van der Waals surface area contributed by atoms with Gasteiger partial charge in [-0.1, -0.05) is 55.3 Å². The van der Waals surface area contributed by atoms with Gasteiger partial charge in [-0.05, 0) is 73.8 Å². The standard InChI is InChI=1S/C41H54ClFN2O8/c1-4-19-45(40(48)50-23-18-42)37-26-35(44-49-3)32-24-28(12-8-10-20-46)31(14-9-11-21-47)38-33-25-30(51-27-29-13-6-7-15-34(29)43)16-17-36(33)53-41(37,39(32)38)52-22-5-2/h5-7,13,15-17,24-25,28,31,37-39,46-47H,2,4,8-12,14,18-23,26-27H2,1,3H3. The molecule has 6 unspecified atom stereocenters. The van der Waals surface area contributed by atoms with Gasteiger partial charge in [0.2, 0.25) is 5.79 Å². The number of aliphatic hydroxyl groups excluding tert-OH is 2. The molecule has 2 N–H and O–H groups in total. The first-order valence-electron chi connectivity index (χ1n) is 18.8. The van der Waals surface area contributed by atoms with Crippen molar-refractivity contribution in [2.45, 2.75) is 82.6 Å². The fourth-order valence-electron chi connectivity index (χ4n) is 8.45. The van der Waals surface area contributed by atoms with Crippen molar-refractivity contribution in [2.75, 3.05) is 46.0 Å². The lowest BCUT2D eigenvalue weighted by atomic mass is 9.55. The maximum Gasteiger partial charge on any atom is 0.410 e. The van der Waals surface area contributed by atoms with Gasteiger partial charge in [0.25, 0.3) is 0 Å². The normalized spacial score (nSPS) is 25.1. The minimum Gasteiger partial charge on any atom is -0.489 e. The lowest BCUT2D eigenvalue weighted by Crippen LogP contribution is -2.70. The van der Waals surface area contributed by atoms with Crippen molar-refractivity contribution in [3.05, 3.63) is 83.7 Å². The Hall–Kier alpha value is -3.64. The molecule has 290 valence electrons. The number of amides is 1. The summed E-state index contributed by atoms with van der Waals surface area (Å²) in [5.74, 6) is -0.956. The number of carbonyl (C=O) groups excluding carboxylic acids is 1. The molecule has 1 saturated carbocycles. The summed E-state index contributed by atoms with van der Waals surface area (Å²) in [6, 6.07) is 11.5. The SMILES string of the molecule is C=CCOC12Oc3ccc(OCc4ccccc4F)cc3C3C(CCCCO)C(CCCCO)C=C(C(=NOC)CC1N(CCC)C(=O)OCCCl)C32. The first-order valence-corrected chi connectivity index (χ1v) is 19.4. The number of aliphatic hydroxyl groups is 2. The van der Waals surface area contributed by atoms with E-state index < -0.39 is 23.8 Å². The number of rotatable bonds is 20. The van der Waals surface area contributed by atoms with Gasteiger partial charge in [0, 0.05) is 43.2 Å². The Kier molecular flexibility index (Phi) is 15.0. The quantitative estimate of drug-likeness (QED) is 0.0610. The Labute approximate surface area is 317 Å². The van der Waals surface area contributed by atoms with Gasteiger partial charge < -0.3 is 34.0 Å². The van der Waals surface area contributed by atoms with E-state index in [0.717, 1.165) is 36.8 Å². The van der Waals surface area contributed by atoms with Crippen LogP contribution >= 0.6 is 11.6 Å². The number of halogens is 2. The summed E-state index contributed by atoms with van der Waals surface area (Å²) >= 11 is 5.95. The highest BCUT2D eigenvalue weighted by Crippen LogP contribution is 2.62. The molecule has 6 atom stereocenters. The van der Waals surface area contributed by atoms with Crippen LogP contribution < -0.4 is 9.47 Å². The third-order valence-electron chi connectivity index (χ3n) is 10.6. The summed E-state index contributed by atoms with van der Waals surface area (Å²) in [7, 11) is 1.51. The number of ether oxygens (including phenoxy) is 4. The van der Waals surface area contributed by atoms with Crippen LogP contribution in [0.3, 0.4) is 0 Å². The molecule has 5 rings (SSSR count). The number of oxime groups is 1. The molecule has 3 aliphatic rings. The Morgan fingerprint density at radius 2 is 1.92 bits per heavy atom. The first-order chi connectivity index (χ1) is 25.9. The number of alkyl halides is 1. The predicted octanol–water partition coefficient (Wildman–Crippen LogP) is 7.76. The third-order valence-corrected chi connectivity index (χ3v) is 10.7. The van der Waals surface area contributed by atoms with E-state index in [1.807, 2.05) is 25.1 Å². The lowest BCUT2D eigenvalue weighted by molar-refractivity contribution is -0.255. The molecule has 2 aliphatic carbocycles. The lowest BCUT2D eigenvalue weighted by Gasteiger charge is -2.59. The van der Waals surface area contributed by atoms with E-state index in [1.54, 1.807) is 29.2 Å². The van der Waals surface area contributed by atoms with Gasteiger partial charge in [-0.25, -0.2) is 9.18 Å². The highest BCUT2D eigenvalue weighted by atomic mass is 35.5. The van der Waals surface area contributed by atoms with Crippen LogP contribution in [0.25, 0.3) is 0 Å². The Balaban J connectivity index is 1.73. The molecule has 0 aromatic heterocycles. The number of allylic oxidation sites excluding steroid dienone is 1. The van der Waals surface area contributed by atoms with E-state index in [9.17, 15) is 19.4 Å². The molecule has 1 fully saturated rings. The number of hydrogen-bond donors (Lipinski definition) is 2. The molecule has 0 spiro atoms. The molecule has 1 heterocycles. The number of benzene rings is 2. The molecular weight excluding hydrogens is 703 g/mol. The number of nitrogens with zero attached hydrogens (tertiary/aromatic N) is 2. The second-order valence-electron chi connectivity index (χ2n) is 13.8. The highest BCUT2D eigenvalue weighted by molar-refractivity contribution is 6.18. The molecule has 12 heteroatoms. The van der Waals surface area contributed by atoms with Gasteiger partial charge in [-0.2, -0.15) is 0 Å². The minimum absolute atomic E-state index is 0.0464. The zero-order chi connectivity index (χ0) is 37.8. The molecule has 0 saturated heterocycles. The number of carbonyl (C=O) groups is 1. The van der Waals surface area contributed by atoms with Crippen LogP contribution in [0.2, 0.25) is 0 Å². The van der Waals surface area contributed by atoms with Crippen LogP contribution in [0, 0.1) is 23.6 Å². The molecule has 10 nitrogen and oxygen atoms in total. The van der Waals surface area contributed by atoms with Gasteiger partial charge in [0.15, 0.2) is 0 Å². The van der Waals surface area contributed by atoms with Crippen LogP contribution in [-0.2, 0) is 20.9 Å². The maximum absolute atomic E-state index is 14.6. The Morgan fingerprint density at radius 3 is 2.62 bits per heavy atom. The average molecular weight is 757 g/mol. The smallest absolute Gasteiger partial charge is 0.410 e. The molecule has 0 bridgehead atoms. The van der Waals surface area contributed by atoms with E-state index in [2.05, 4.69) is 17.8 Å². The molecule has 2 aromatic carbocycles. The summed E-state index contributed by atoms with van der Waals surface area (Å²) in [6.45, 7) is 6.75. The second kappa shape index (κ2) is 19.6. The van der Waals surface area contributed by atoms with Crippen LogP contribution in [-0.4, -0.2) is 84.7 Å². The largest absolute Gasteiger partial charge is 0.489 e. The predicted molar refractivity (Wildman–Crippen MR) is 202 cm³/mol. The first kappa shape index (κ1) is 40.5. The van der Waals surface area contributed by atoms with Crippen LogP contribution in [0.4, 0.5) is 9.18 Å². The van der Waals surface area contributed by atoms with E-state index in [1.165, 1.54) is 13.2 Å². The molecular formula is C41H54ClFN2O8. The Bertz CT molecular complexity index is 1590. The van der Waals surface area contributed by atoms with Gasteiger partial charge in [-0.3, -0.25) is 4.90 Å². The molecule has 53 heavy (non-hydrogen) atoms. The summed E-state index contributed by atoms with van der Waals surface area (Å²) in [6.07, 6.45) is 8.91. The molecule has 1 aliphatic heterocycles. The number of fused-ring (bicyclic) bond motifs is 2. The third kappa shape index (κ3) is 9.02. The van der Waals surface area contributed by atoms with Crippen molar-refractivity contribution in [1.82, 2.24) is 4.90 Å². The Morgan fingerprint density at radius 1 is 1.15 bits per heavy atom. The topological polar surface area (TPSA) is 119 Å². The molecule has 1 amide bonds. The van der Waals surface area contributed by atoms with Crippen molar-refractivity contribution in [3.8, 4) is 11.5 Å². The average Bonchev–Trinajstić information content (AvgIpc) is 3.16. The van der Waals surface area contributed by atoms with E-state index in [-0.39, 0.29) is 68.9 Å². The fourth-order valence-corrected chi connectivity index (χ4v) is 8.53. The summed E-state index contributed by atoms with van der Waals surface area (Å²) in [4.78, 5) is 21.0. The zero-order valence-corrected chi connectivity index (χ0v) is 31.6. The van der Waals surface area contributed by atoms with Gasteiger partial charge in [0.05, 0.1) is 24.1 Å². The van der Waals surface area contributed by atoms with Crippen LogP contribution in [0.15, 0.2) is 71.9 Å². The van der Waals surface area contributed by atoms with Crippen molar-refractivity contribution in [2.24, 2.45) is 22.9 Å². The van der Waals surface area contributed by atoms with Crippen LogP contribution in [0.5, 0.6) is 11.5 Å². The van der Waals surface area contributed by atoms with E-state index in [0.29, 0.717) is 48.6 Å². The second-order valence-corrected chi connectivity index (χ2v) is 14.2. The minimum atomic E-state index is -1.39. The van der Waals surface area contributed by atoms with E-state index >= 15 is 0 Å². The van der Waals surface area contributed by atoms with Gasteiger partial charge in [0.1, 0.15) is 43.7 Å². The van der Waals surface area contributed by atoms with Gasteiger partial charge in [-0.15, -0.1) is 18.2 Å². The number of unbranched alkanes of at least 4 members (excludes halogenated alkanes) is 2. The van der Waals surface area contributed by atoms with Gasteiger partial charge >= 0.3 is 6.09 Å². The van der Waals surface area contributed by atoms with Crippen LogP contribution in [0.1, 0.15) is 75.3 Å². The van der Waals surface area contributed by atoms with Crippen molar-refractivity contribution in [1.29, 1.82) is 0 Å². The molecule has 0 radical (unpaired) electrons. The zero-order valence-electron chi connectivity index (χ0n) is 30.9. The fraction of sp³-hybridized carbons (Fsp3) is 0.561. The summed E-state index contributed by atoms with van der Waals surface area (Å²) < 4.78 is 40.5. The highest BCUT2D eigenvalue weighted by Gasteiger charge is 2.65. The summed E-state index contributed by atoms with van der Waals surface area (Å²) in [5, 5.41) is 24.1. The van der Waals surface area contributed by atoms with Crippen molar-refractivity contribution in [3.63, 3.8) is 0 Å². The van der Waals surface area contributed by atoms with Crippen molar-refractivity contribution >= 4 is 23.4 Å². The summed E-state index contributed by atoms with van der Waals surface area (Å²) in [5.41, 5.74) is 2.98. The number of hydrogen-bond acceptors (Lipinski definition) is 9. The molecule has 2 aromatic rings.